The Balaban J connectivity index is 1.52. The molecule has 0 fully saturated rings. The smallest absolute Gasteiger partial charge is 0.262 e. The zero-order valence-corrected chi connectivity index (χ0v) is 18.3. The van der Waals surface area contributed by atoms with Crippen LogP contribution in [0.25, 0.3) is 5.82 Å². The second kappa shape index (κ2) is 8.37. The van der Waals surface area contributed by atoms with E-state index in [0.717, 1.165) is 5.69 Å². The summed E-state index contributed by atoms with van der Waals surface area (Å²) in [6.45, 7) is 3.52. The van der Waals surface area contributed by atoms with E-state index in [1.54, 1.807) is 73.4 Å². The van der Waals surface area contributed by atoms with Crippen LogP contribution in [0.3, 0.4) is 0 Å². The van der Waals surface area contributed by atoms with Crippen molar-refractivity contribution in [3.63, 3.8) is 0 Å². The Morgan fingerprint density at radius 3 is 2.42 bits per heavy atom. The van der Waals surface area contributed by atoms with Gasteiger partial charge in [-0.25, -0.2) is 23.1 Å². The molecule has 0 unspecified atom stereocenters. The van der Waals surface area contributed by atoms with Gasteiger partial charge in [0.05, 0.1) is 4.90 Å². The second-order valence-corrected chi connectivity index (χ2v) is 8.91. The summed E-state index contributed by atoms with van der Waals surface area (Å²) in [7, 11) is -3.76. The Morgan fingerprint density at radius 1 is 0.968 bits per heavy atom. The van der Waals surface area contributed by atoms with Crippen LogP contribution < -0.4 is 10.0 Å². The summed E-state index contributed by atoms with van der Waals surface area (Å²) >= 11 is 5.96. The van der Waals surface area contributed by atoms with Gasteiger partial charge >= 0.3 is 0 Å². The monoisotopic (exact) mass is 454 g/mol. The number of halogens is 1. The molecule has 10 heteroatoms. The summed E-state index contributed by atoms with van der Waals surface area (Å²) in [5, 5.41) is 7.74. The average Bonchev–Trinajstić information content (AvgIpc) is 3.26. The fourth-order valence-electron chi connectivity index (χ4n) is 2.98. The molecule has 0 amide bonds. The molecule has 0 aliphatic heterocycles. The number of rotatable bonds is 6. The largest absolute Gasteiger partial charge is 0.340 e. The lowest BCUT2D eigenvalue weighted by Gasteiger charge is -2.12. The Bertz CT molecular complexity index is 1320. The van der Waals surface area contributed by atoms with Crippen molar-refractivity contribution in [1.82, 2.24) is 19.7 Å². The molecular weight excluding hydrogens is 436 g/mol. The van der Waals surface area contributed by atoms with Crippen LogP contribution in [-0.2, 0) is 10.0 Å². The van der Waals surface area contributed by atoms with Crippen LogP contribution in [0.2, 0.25) is 5.02 Å². The molecule has 31 heavy (non-hydrogen) atoms. The minimum Gasteiger partial charge on any atom is -0.340 e. The third-order valence-electron chi connectivity index (χ3n) is 4.41. The Morgan fingerprint density at radius 2 is 1.71 bits per heavy atom. The maximum Gasteiger partial charge on any atom is 0.262 e. The van der Waals surface area contributed by atoms with Crippen molar-refractivity contribution in [1.29, 1.82) is 0 Å². The molecule has 0 radical (unpaired) electrons. The van der Waals surface area contributed by atoms with Gasteiger partial charge in [-0.2, -0.15) is 5.10 Å². The first-order valence-electron chi connectivity index (χ1n) is 9.32. The number of aryl methyl sites for hydroxylation is 2. The van der Waals surface area contributed by atoms with Gasteiger partial charge in [0, 0.05) is 34.9 Å². The molecule has 158 valence electrons. The second-order valence-electron chi connectivity index (χ2n) is 6.83. The molecule has 0 saturated heterocycles. The van der Waals surface area contributed by atoms with Gasteiger partial charge in [0.25, 0.3) is 10.0 Å². The Kier molecular flexibility index (Phi) is 5.62. The van der Waals surface area contributed by atoms with Crippen molar-refractivity contribution in [2.45, 2.75) is 18.7 Å². The number of nitrogens with one attached hydrogen (secondary N) is 2. The first-order chi connectivity index (χ1) is 14.8. The van der Waals surface area contributed by atoms with E-state index in [0.29, 0.717) is 33.7 Å². The third-order valence-corrected chi connectivity index (χ3v) is 6.17. The van der Waals surface area contributed by atoms with Crippen molar-refractivity contribution >= 4 is 38.8 Å². The lowest BCUT2D eigenvalue weighted by Crippen LogP contribution is -2.14. The first kappa shape index (κ1) is 20.8. The molecule has 2 aromatic carbocycles. The Hall–Kier alpha value is -3.43. The van der Waals surface area contributed by atoms with Crippen LogP contribution in [0.4, 0.5) is 17.2 Å². The summed E-state index contributed by atoms with van der Waals surface area (Å²) < 4.78 is 29.7. The van der Waals surface area contributed by atoms with Crippen LogP contribution in [-0.4, -0.2) is 28.2 Å². The van der Waals surface area contributed by atoms with Crippen molar-refractivity contribution in [3.05, 3.63) is 83.4 Å². The van der Waals surface area contributed by atoms with Crippen LogP contribution in [0, 0.1) is 13.8 Å². The number of hydrogen-bond acceptors (Lipinski definition) is 6. The molecule has 0 saturated carbocycles. The lowest BCUT2D eigenvalue weighted by molar-refractivity contribution is 0.600. The standard InChI is InChI=1S/C21H19ClN6O2S/c1-14-4-5-16(22)12-19(14)31(29,30)27-18-8-6-17(7-9-18)26-20-13-21(25-15(2)24-20)28-11-3-10-23-28/h3-13,27H,1-2H3,(H,24,25,26). The Labute approximate surface area is 185 Å². The zero-order valence-electron chi connectivity index (χ0n) is 16.7. The molecule has 0 atom stereocenters. The number of hydrogen-bond donors (Lipinski definition) is 2. The van der Waals surface area contributed by atoms with Gasteiger partial charge in [-0.05, 0) is 61.9 Å². The fourth-order valence-corrected chi connectivity index (χ4v) is 4.55. The highest BCUT2D eigenvalue weighted by Gasteiger charge is 2.17. The topological polar surface area (TPSA) is 102 Å². The highest BCUT2D eigenvalue weighted by atomic mass is 35.5. The first-order valence-corrected chi connectivity index (χ1v) is 11.2. The summed E-state index contributed by atoms with van der Waals surface area (Å²) in [5.74, 6) is 1.83. The molecule has 4 rings (SSSR count). The summed E-state index contributed by atoms with van der Waals surface area (Å²) in [6, 6.07) is 15.2. The van der Waals surface area contributed by atoms with Crippen molar-refractivity contribution in [2.75, 3.05) is 10.0 Å². The van der Waals surface area contributed by atoms with Crippen LogP contribution in [0.15, 0.2) is 71.9 Å². The molecule has 2 heterocycles. The van der Waals surface area contributed by atoms with Gasteiger partial charge < -0.3 is 5.32 Å². The summed E-state index contributed by atoms with van der Waals surface area (Å²) in [5.41, 5.74) is 1.79. The summed E-state index contributed by atoms with van der Waals surface area (Å²) in [4.78, 5) is 8.91. The molecule has 0 aliphatic carbocycles. The van der Waals surface area contributed by atoms with Crippen LogP contribution >= 0.6 is 11.6 Å². The lowest BCUT2D eigenvalue weighted by atomic mass is 10.2. The SMILES string of the molecule is Cc1nc(Nc2ccc(NS(=O)(=O)c3cc(Cl)ccc3C)cc2)cc(-n2cccn2)n1. The molecule has 0 spiro atoms. The average molecular weight is 455 g/mol. The van der Waals surface area contributed by atoms with E-state index >= 15 is 0 Å². The highest BCUT2D eigenvalue weighted by Crippen LogP contribution is 2.24. The van der Waals surface area contributed by atoms with Gasteiger partial charge in [0.15, 0.2) is 5.82 Å². The molecular formula is C21H19ClN6O2S. The normalized spacial score (nSPS) is 11.3. The van der Waals surface area contributed by atoms with E-state index in [9.17, 15) is 8.42 Å². The van der Waals surface area contributed by atoms with Crippen molar-refractivity contribution in [3.8, 4) is 5.82 Å². The van der Waals surface area contributed by atoms with Crippen molar-refractivity contribution in [2.24, 2.45) is 0 Å². The molecule has 2 aromatic heterocycles. The molecule has 4 aromatic rings. The molecule has 2 N–H and O–H groups in total. The molecule has 0 aliphatic rings. The minimum atomic E-state index is -3.76. The van der Waals surface area contributed by atoms with E-state index in [1.807, 2.05) is 6.07 Å². The molecule has 8 nitrogen and oxygen atoms in total. The van der Waals surface area contributed by atoms with Gasteiger partial charge in [-0.15, -0.1) is 0 Å². The quantitative estimate of drug-likeness (QED) is 0.445. The van der Waals surface area contributed by atoms with E-state index in [4.69, 9.17) is 11.6 Å². The van der Waals surface area contributed by atoms with Gasteiger partial charge in [-0.3, -0.25) is 4.72 Å². The number of aromatic nitrogens is 4. The fraction of sp³-hybridized carbons (Fsp3) is 0.0952. The molecule has 0 bridgehead atoms. The van der Waals surface area contributed by atoms with E-state index < -0.39 is 10.0 Å². The van der Waals surface area contributed by atoms with Gasteiger partial charge in [0.2, 0.25) is 0 Å². The minimum absolute atomic E-state index is 0.143. The third kappa shape index (κ3) is 4.84. The predicted octanol–water partition coefficient (Wildman–Crippen LogP) is 4.48. The van der Waals surface area contributed by atoms with Crippen LogP contribution in [0.1, 0.15) is 11.4 Å². The number of anilines is 3. The zero-order chi connectivity index (χ0) is 22.0. The van der Waals surface area contributed by atoms with E-state index in [2.05, 4.69) is 25.1 Å². The summed E-state index contributed by atoms with van der Waals surface area (Å²) in [6.07, 6.45) is 3.48. The van der Waals surface area contributed by atoms with Crippen molar-refractivity contribution < 1.29 is 8.42 Å². The maximum atomic E-state index is 12.7. The highest BCUT2D eigenvalue weighted by molar-refractivity contribution is 7.92. The van der Waals surface area contributed by atoms with E-state index in [1.165, 1.54) is 6.07 Å². The number of sulfonamides is 1. The number of nitrogens with zero attached hydrogens (tertiary/aromatic N) is 4. The number of benzene rings is 2. The maximum absolute atomic E-state index is 12.7. The predicted molar refractivity (Wildman–Crippen MR) is 121 cm³/mol. The van der Waals surface area contributed by atoms with E-state index in [-0.39, 0.29) is 4.90 Å². The van der Waals surface area contributed by atoms with Gasteiger partial charge in [0.1, 0.15) is 11.6 Å². The van der Waals surface area contributed by atoms with Crippen LogP contribution in [0.5, 0.6) is 0 Å². The van der Waals surface area contributed by atoms with Gasteiger partial charge in [-0.1, -0.05) is 17.7 Å².